The molecule has 1 aromatic carbocycles. The minimum atomic E-state index is -0.382. The van der Waals surface area contributed by atoms with E-state index in [0.29, 0.717) is 19.4 Å². The molecule has 1 fully saturated rings. The quantitative estimate of drug-likeness (QED) is 0.885. The summed E-state index contributed by atoms with van der Waals surface area (Å²) in [5, 5.41) is 2.86. The second-order valence-corrected chi connectivity index (χ2v) is 6.19. The zero-order valence-corrected chi connectivity index (χ0v) is 14.0. The number of nitrogens with one attached hydrogen (secondary N) is 1. The molecule has 1 N–H and O–H groups in total. The van der Waals surface area contributed by atoms with E-state index in [-0.39, 0.29) is 23.9 Å². The number of nitrogens with zero attached hydrogens (tertiary/aromatic N) is 1. The van der Waals surface area contributed by atoms with Crippen molar-refractivity contribution in [1.29, 1.82) is 0 Å². The number of carbonyl (C=O) groups excluding carboxylic acids is 2. The fraction of sp³-hybridized carbons (Fsp3) is 0.500. The standard InChI is InChI=1S/C16H21BrN2O2/c1-3-7-13-16(21)19(14(4-2)15(20)18-13)10-11-8-5-6-9-12(11)17/h5-6,8-9,13-14H,3-4,7,10H2,1-2H3,(H,18,20). The van der Waals surface area contributed by atoms with Gasteiger partial charge in [-0.05, 0) is 24.5 Å². The molecule has 0 aromatic heterocycles. The molecule has 2 atom stereocenters. The van der Waals surface area contributed by atoms with Crippen LogP contribution in [0.15, 0.2) is 28.7 Å². The van der Waals surface area contributed by atoms with Crippen LogP contribution in [-0.2, 0) is 16.1 Å². The highest BCUT2D eigenvalue weighted by atomic mass is 79.9. The molecule has 4 nitrogen and oxygen atoms in total. The molecule has 1 aliphatic rings. The predicted molar refractivity (Wildman–Crippen MR) is 85.6 cm³/mol. The van der Waals surface area contributed by atoms with Gasteiger partial charge in [-0.1, -0.05) is 54.4 Å². The van der Waals surface area contributed by atoms with Crippen molar-refractivity contribution in [2.75, 3.05) is 0 Å². The number of piperazine rings is 1. The average molecular weight is 353 g/mol. The van der Waals surface area contributed by atoms with Crippen LogP contribution >= 0.6 is 15.9 Å². The lowest BCUT2D eigenvalue weighted by atomic mass is 10.0. The Bertz CT molecular complexity index is 533. The van der Waals surface area contributed by atoms with E-state index in [2.05, 4.69) is 21.2 Å². The molecule has 2 amide bonds. The number of carbonyl (C=O) groups is 2. The zero-order chi connectivity index (χ0) is 15.4. The molecular weight excluding hydrogens is 332 g/mol. The maximum absolute atomic E-state index is 12.6. The Labute approximate surface area is 134 Å². The lowest BCUT2D eigenvalue weighted by Gasteiger charge is -2.38. The fourth-order valence-corrected chi connectivity index (χ4v) is 3.12. The van der Waals surface area contributed by atoms with Gasteiger partial charge in [0.25, 0.3) is 0 Å². The highest BCUT2D eigenvalue weighted by molar-refractivity contribution is 9.10. The predicted octanol–water partition coefficient (Wildman–Crippen LogP) is 2.85. The van der Waals surface area contributed by atoms with Gasteiger partial charge in [-0.15, -0.1) is 0 Å². The summed E-state index contributed by atoms with van der Waals surface area (Å²) in [6.07, 6.45) is 2.19. The van der Waals surface area contributed by atoms with Crippen LogP contribution in [0, 0.1) is 0 Å². The zero-order valence-electron chi connectivity index (χ0n) is 12.4. The van der Waals surface area contributed by atoms with E-state index in [1.807, 2.05) is 38.1 Å². The highest BCUT2D eigenvalue weighted by Gasteiger charge is 2.39. The monoisotopic (exact) mass is 352 g/mol. The second kappa shape index (κ2) is 7.07. The van der Waals surface area contributed by atoms with Crippen molar-refractivity contribution in [1.82, 2.24) is 10.2 Å². The Morgan fingerprint density at radius 3 is 2.57 bits per heavy atom. The molecule has 0 saturated carbocycles. The molecule has 2 rings (SSSR count). The average Bonchev–Trinajstić information content (AvgIpc) is 2.46. The van der Waals surface area contributed by atoms with Crippen LogP contribution in [0.25, 0.3) is 0 Å². The lowest BCUT2D eigenvalue weighted by Crippen LogP contribution is -2.62. The Balaban J connectivity index is 2.25. The van der Waals surface area contributed by atoms with Crippen molar-refractivity contribution < 1.29 is 9.59 Å². The summed E-state index contributed by atoms with van der Waals surface area (Å²) >= 11 is 3.51. The molecule has 21 heavy (non-hydrogen) atoms. The highest BCUT2D eigenvalue weighted by Crippen LogP contribution is 2.23. The summed E-state index contributed by atoms with van der Waals surface area (Å²) in [5.74, 6) is -0.0124. The first-order valence-corrected chi connectivity index (χ1v) is 8.22. The van der Waals surface area contributed by atoms with Gasteiger partial charge in [-0.2, -0.15) is 0 Å². The summed E-state index contributed by atoms with van der Waals surface area (Å²) in [4.78, 5) is 26.6. The van der Waals surface area contributed by atoms with Crippen molar-refractivity contribution in [3.63, 3.8) is 0 Å². The Hall–Kier alpha value is -1.36. The Morgan fingerprint density at radius 1 is 1.24 bits per heavy atom. The third-order valence-electron chi connectivity index (χ3n) is 3.84. The van der Waals surface area contributed by atoms with Crippen LogP contribution in [0.2, 0.25) is 0 Å². The van der Waals surface area contributed by atoms with Gasteiger partial charge >= 0.3 is 0 Å². The largest absolute Gasteiger partial charge is 0.343 e. The summed E-state index contributed by atoms with van der Waals surface area (Å²) in [6.45, 7) is 4.42. The molecule has 0 spiro atoms. The third-order valence-corrected chi connectivity index (χ3v) is 4.61. The smallest absolute Gasteiger partial charge is 0.246 e. The summed E-state index contributed by atoms with van der Waals surface area (Å²) in [6, 6.07) is 7.05. The molecule has 1 aliphatic heterocycles. The molecule has 5 heteroatoms. The van der Waals surface area contributed by atoms with E-state index >= 15 is 0 Å². The van der Waals surface area contributed by atoms with Crippen LogP contribution in [0.1, 0.15) is 38.7 Å². The van der Waals surface area contributed by atoms with E-state index in [4.69, 9.17) is 0 Å². The van der Waals surface area contributed by atoms with Gasteiger partial charge in [0.05, 0.1) is 0 Å². The van der Waals surface area contributed by atoms with E-state index in [1.165, 1.54) is 0 Å². The number of hydrogen-bond donors (Lipinski definition) is 1. The molecule has 0 radical (unpaired) electrons. The lowest BCUT2D eigenvalue weighted by molar-refractivity contribution is -0.150. The van der Waals surface area contributed by atoms with Crippen LogP contribution in [0.5, 0.6) is 0 Å². The molecule has 1 heterocycles. The maximum Gasteiger partial charge on any atom is 0.246 e. The fourth-order valence-electron chi connectivity index (χ4n) is 2.71. The van der Waals surface area contributed by atoms with E-state index < -0.39 is 0 Å². The van der Waals surface area contributed by atoms with Gasteiger partial charge in [0.1, 0.15) is 12.1 Å². The second-order valence-electron chi connectivity index (χ2n) is 5.33. The van der Waals surface area contributed by atoms with Crippen molar-refractivity contribution in [2.24, 2.45) is 0 Å². The molecule has 2 unspecified atom stereocenters. The van der Waals surface area contributed by atoms with Gasteiger partial charge < -0.3 is 10.2 Å². The minimum Gasteiger partial charge on any atom is -0.343 e. The number of hydrogen-bond acceptors (Lipinski definition) is 2. The van der Waals surface area contributed by atoms with Crippen LogP contribution in [0.3, 0.4) is 0 Å². The van der Waals surface area contributed by atoms with E-state index in [1.54, 1.807) is 4.90 Å². The third kappa shape index (κ3) is 3.46. The van der Waals surface area contributed by atoms with Crippen LogP contribution < -0.4 is 5.32 Å². The molecule has 1 saturated heterocycles. The molecule has 0 bridgehead atoms. The minimum absolute atomic E-state index is 0.0269. The SMILES string of the molecule is CCCC1NC(=O)C(CC)N(Cc2ccccc2Br)C1=O. The normalized spacial score (nSPS) is 22.3. The van der Waals surface area contributed by atoms with Gasteiger partial charge in [0.2, 0.25) is 11.8 Å². The number of benzene rings is 1. The first-order valence-electron chi connectivity index (χ1n) is 7.42. The molecular formula is C16H21BrN2O2. The Morgan fingerprint density at radius 2 is 1.95 bits per heavy atom. The van der Waals surface area contributed by atoms with Crippen LogP contribution in [0.4, 0.5) is 0 Å². The van der Waals surface area contributed by atoms with E-state index in [0.717, 1.165) is 16.5 Å². The topological polar surface area (TPSA) is 49.4 Å². The van der Waals surface area contributed by atoms with Crippen LogP contribution in [-0.4, -0.2) is 28.8 Å². The van der Waals surface area contributed by atoms with Crippen molar-refractivity contribution >= 4 is 27.7 Å². The van der Waals surface area contributed by atoms with Crippen molar-refractivity contribution in [2.45, 2.75) is 51.7 Å². The summed E-state index contributed by atoms with van der Waals surface area (Å²) in [5.41, 5.74) is 1.02. The first-order chi connectivity index (χ1) is 10.1. The van der Waals surface area contributed by atoms with E-state index in [9.17, 15) is 9.59 Å². The van der Waals surface area contributed by atoms with Gasteiger partial charge in [-0.3, -0.25) is 9.59 Å². The Kier molecular flexibility index (Phi) is 5.39. The molecule has 1 aromatic rings. The number of rotatable bonds is 5. The summed E-state index contributed by atoms with van der Waals surface area (Å²) in [7, 11) is 0. The number of halogens is 1. The van der Waals surface area contributed by atoms with Crippen molar-refractivity contribution in [3.05, 3.63) is 34.3 Å². The molecule has 114 valence electrons. The first kappa shape index (κ1) is 16.0. The van der Waals surface area contributed by atoms with Gasteiger partial charge in [0.15, 0.2) is 0 Å². The van der Waals surface area contributed by atoms with Crippen molar-refractivity contribution in [3.8, 4) is 0 Å². The molecule has 0 aliphatic carbocycles. The van der Waals surface area contributed by atoms with Gasteiger partial charge in [0, 0.05) is 11.0 Å². The number of amides is 2. The van der Waals surface area contributed by atoms with Gasteiger partial charge in [-0.25, -0.2) is 0 Å². The summed E-state index contributed by atoms with van der Waals surface area (Å²) < 4.78 is 0.964. The maximum atomic E-state index is 12.6.